The summed E-state index contributed by atoms with van der Waals surface area (Å²) in [5, 5.41) is 0. The van der Waals surface area contributed by atoms with E-state index in [9.17, 15) is 4.79 Å². The lowest BCUT2D eigenvalue weighted by atomic mass is 10.1. The zero-order valence-corrected chi connectivity index (χ0v) is 11.1. The third kappa shape index (κ3) is 5.03. The lowest BCUT2D eigenvalue weighted by molar-refractivity contribution is -0.133. The van der Waals surface area contributed by atoms with Crippen molar-refractivity contribution in [1.82, 2.24) is 4.90 Å². The number of unbranched alkanes of at least 4 members (excludes halogenated alkanes) is 1. The SMILES string of the molecule is CC(C)C(=O)N(C)CCCCc1ccccc1. The van der Waals surface area contributed by atoms with Crippen molar-refractivity contribution in [2.45, 2.75) is 33.1 Å². The Hall–Kier alpha value is -1.31. The van der Waals surface area contributed by atoms with Crippen LogP contribution in [0.4, 0.5) is 0 Å². The fourth-order valence-corrected chi connectivity index (χ4v) is 1.87. The smallest absolute Gasteiger partial charge is 0.224 e. The average Bonchev–Trinajstić information content (AvgIpc) is 2.34. The van der Waals surface area contributed by atoms with Gasteiger partial charge in [-0.2, -0.15) is 0 Å². The van der Waals surface area contributed by atoms with Crippen LogP contribution >= 0.6 is 0 Å². The van der Waals surface area contributed by atoms with Crippen LogP contribution in [0, 0.1) is 5.92 Å². The summed E-state index contributed by atoms with van der Waals surface area (Å²) >= 11 is 0. The summed E-state index contributed by atoms with van der Waals surface area (Å²) in [7, 11) is 1.89. The molecule has 17 heavy (non-hydrogen) atoms. The van der Waals surface area contributed by atoms with Crippen LogP contribution in [-0.2, 0) is 11.2 Å². The van der Waals surface area contributed by atoms with Gasteiger partial charge in [-0.3, -0.25) is 4.79 Å². The van der Waals surface area contributed by atoms with E-state index in [1.807, 2.05) is 31.9 Å². The molecule has 0 saturated carbocycles. The van der Waals surface area contributed by atoms with Gasteiger partial charge in [-0.15, -0.1) is 0 Å². The Kier molecular flexibility index (Phi) is 5.75. The summed E-state index contributed by atoms with van der Waals surface area (Å²) in [5.74, 6) is 0.346. The fourth-order valence-electron chi connectivity index (χ4n) is 1.87. The molecular formula is C15H23NO. The van der Waals surface area contributed by atoms with E-state index in [0.717, 1.165) is 25.8 Å². The Morgan fingerprint density at radius 3 is 2.41 bits per heavy atom. The number of hydrogen-bond acceptors (Lipinski definition) is 1. The van der Waals surface area contributed by atoms with Crippen molar-refractivity contribution in [3.63, 3.8) is 0 Å². The summed E-state index contributed by atoms with van der Waals surface area (Å²) in [4.78, 5) is 13.5. The number of hydrogen-bond donors (Lipinski definition) is 0. The van der Waals surface area contributed by atoms with E-state index in [1.165, 1.54) is 5.56 Å². The van der Waals surface area contributed by atoms with Crippen LogP contribution in [0.1, 0.15) is 32.3 Å². The minimum absolute atomic E-state index is 0.106. The molecule has 1 amide bonds. The Morgan fingerprint density at radius 2 is 1.82 bits per heavy atom. The van der Waals surface area contributed by atoms with Crippen LogP contribution in [0.5, 0.6) is 0 Å². The Balaban J connectivity index is 2.18. The number of nitrogens with zero attached hydrogens (tertiary/aromatic N) is 1. The highest BCUT2D eigenvalue weighted by Crippen LogP contribution is 2.06. The van der Waals surface area contributed by atoms with E-state index in [1.54, 1.807) is 0 Å². The fraction of sp³-hybridized carbons (Fsp3) is 0.533. The molecule has 2 nitrogen and oxygen atoms in total. The van der Waals surface area contributed by atoms with Gasteiger partial charge in [0, 0.05) is 19.5 Å². The molecule has 94 valence electrons. The van der Waals surface area contributed by atoms with Crippen LogP contribution in [0.2, 0.25) is 0 Å². The van der Waals surface area contributed by atoms with Crippen LogP contribution in [0.15, 0.2) is 30.3 Å². The minimum atomic E-state index is 0.106. The topological polar surface area (TPSA) is 20.3 Å². The van der Waals surface area contributed by atoms with Crippen LogP contribution in [0.3, 0.4) is 0 Å². The molecule has 0 aromatic heterocycles. The van der Waals surface area contributed by atoms with Gasteiger partial charge < -0.3 is 4.90 Å². The van der Waals surface area contributed by atoms with Crippen molar-refractivity contribution in [2.75, 3.05) is 13.6 Å². The van der Waals surface area contributed by atoms with Crippen molar-refractivity contribution in [3.05, 3.63) is 35.9 Å². The molecule has 0 saturated heterocycles. The number of aryl methyl sites for hydroxylation is 1. The molecule has 0 fully saturated rings. The van der Waals surface area contributed by atoms with Gasteiger partial charge in [0.1, 0.15) is 0 Å². The number of carbonyl (C=O) groups is 1. The summed E-state index contributed by atoms with van der Waals surface area (Å²) in [6, 6.07) is 10.5. The van der Waals surface area contributed by atoms with Crippen molar-refractivity contribution >= 4 is 5.91 Å². The monoisotopic (exact) mass is 233 g/mol. The molecular weight excluding hydrogens is 210 g/mol. The van der Waals surface area contributed by atoms with E-state index in [0.29, 0.717) is 0 Å². The highest BCUT2D eigenvalue weighted by atomic mass is 16.2. The highest BCUT2D eigenvalue weighted by Gasteiger charge is 2.11. The van der Waals surface area contributed by atoms with Crippen LogP contribution < -0.4 is 0 Å². The molecule has 0 radical (unpaired) electrons. The molecule has 0 spiro atoms. The van der Waals surface area contributed by atoms with Gasteiger partial charge in [-0.1, -0.05) is 44.2 Å². The first-order valence-corrected chi connectivity index (χ1v) is 6.40. The van der Waals surface area contributed by atoms with E-state index >= 15 is 0 Å². The predicted octanol–water partition coefficient (Wildman–Crippen LogP) is 3.12. The van der Waals surface area contributed by atoms with Gasteiger partial charge in [0.2, 0.25) is 5.91 Å². The zero-order valence-electron chi connectivity index (χ0n) is 11.1. The Morgan fingerprint density at radius 1 is 1.18 bits per heavy atom. The maximum Gasteiger partial charge on any atom is 0.224 e. The normalized spacial score (nSPS) is 10.6. The second kappa shape index (κ2) is 7.10. The molecule has 0 aliphatic rings. The van der Waals surface area contributed by atoms with E-state index in [2.05, 4.69) is 24.3 Å². The first-order chi connectivity index (χ1) is 8.11. The molecule has 0 aliphatic carbocycles. The Bertz CT molecular complexity index is 332. The average molecular weight is 233 g/mol. The van der Waals surface area contributed by atoms with Gasteiger partial charge in [0.25, 0.3) is 0 Å². The maximum atomic E-state index is 11.6. The number of carbonyl (C=O) groups excluding carboxylic acids is 1. The summed E-state index contributed by atoms with van der Waals surface area (Å²) in [6.45, 7) is 4.76. The number of amides is 1. The first-order valence-electron chi connectivity index (χ1n) is 6.40. The van der Waals surface area contributed by atoms with Crippen LogP contribution in [0.25, 0.3) is 0 Å². The second-order valence-electron chi connectivity index (χ2n) is 4.86. The molecule has 0 bridgehead atoms. The molecule has 2 heteroatoms. The van der Waals surface area contributed by atoms with E-state index < -0.39 is 0 Å². The van der Waals surface area contributed by atoms with Gasteiger partial charge in [0.05, 0.1) is 0 Å². The molecule has 1 aromatic carbocycles. The zero-order chi connectivity index (χ0) is 12.7. The predicted molar refractivity (Wildman–Crippen MR) is 71.9 cm³/mol. The van der Waals surface area contributed by atoms with Gasteiger partial charge in [-0.05, 0) is 24.8 Å². The van der Waals surface area contributed by atoms with Crippen molar-refractivity contribution in [2.24, 2.45) is 5.92 Å². The Labute approximate surface area is 105 Å². The molecule has 0 atom stereocenters. The standard InChI is InChI=1S/C15H23NO/c1-13(2)15(17)16(3)12-8-7-11-14-9-5-4-6-10-14/h4-6,9-10,13H,7-8,11-12H2,1-3H3. The third-order valence-electron chi connectivity index (χ3n) is 2.92. The summed E-state index contributed by atoms with van der Waals surface area (Å²) < 4.78 is 0. The lowest BCUT2D eigenvalue weighted by Gasteiger charge is -2.19. The molecule has 0 N–H and O–H groups in total. The molecule has 1 rings (SSSR count). The number of benzene rings is 1. The first kappa shape index (κ1) is 13.8. The van der Waals surface area contributed by atoms with E-state index in [-0.39, 0.29) is 11.8 Å². The number of rotatable bonds is 6. The molecule has 0 aliphatic heterocycles. The van der Waals surface area contributed by atoms with Gasteiger partial charge >= 0.3 is 0 Å². The van der Waals surface area contributed by atoms with E-state index in [4.69, 9.17) is 0 Å². The largest absolute Gasteiger partial charge is 0.346 e. The van der Waals surface area contributed by atoms with Crippen LogP contribution in [-0.4, -0.2) is 24.4 Å². The minimum Gasteiger partial charge on any atom is -0.346 e. The molecule has 0 unspecified atom stereocenters. The van der Waals surface area contributed by atoms with Crippen molar-refractivity contribution < 1.29 is 4.79 Å². The maximum absolute atomic E-state index is 11.6. The second-order valence-corrected chi connectivity index (χ2v) is 4.86. The van der Waals surface area contributed by atoms with Gasteiger partial charge in [0.15, 0.2) is 0 Å². The van der Waals surface area contributed by atoms with Gasteiger partial charge in [-0.25, -0.2) is 0 Å². The lowest BCUT2D eigenvalue weighted by Crippen LogP contribution is -2.31. The summed E-state index contributed by atoms with van der Waals surface area (Å²) in [5.41, 5.74) is 1.38. The van der Waals surface area contributed by atoms with Crippen molar-refractivity contribution in [1.29, 1.82) is 0 Å². The highest BCUT2D eigenvalue weighted by molar-refractivity contribution is 5.77. The van der Waals surface area contributed by atoms with Crippen molar-refractivity contribution in [3.8, 4) is 0 Å². The third-order valence-corrected chi connectivity index (χ3v) is 2.92. The summed E-state index contributed by atoms with van der Waals surface area (Å²) in [6.07, 6.45) is 3.31. The molecule has 1 aromatic rings. The molecule has 0 heterocycles. The quantitative estimate of drug-likeness (QED) is 0.691.